The standard InChI is InChI=1S/C23H19FN6O2/c1-13-12-30-21(29-13)16(14-8-19(25-2)22(31-3)26-9-14)10-27-23(30)28-11-17-15-6-7-32-20(15)5-4-18(17)24/h4-5,8-10,12H,6-7,11H2,1,3H3,(H,27,28). The quantitative estimate of drug-likeness (QED) is 0.475. The summed E-state index contributed by atoms with van der Waals surface area (Å²) in [5, 5.41) is 3.24. The molecule has 1 N–H and O–H groups in total. The number of aryl methyl sites for hydroxylation is 1. The first-order valence-corrected chi connectivity index (χ1v) is 10.0. The summed E-state index contributed by atoms with van der Waals surface area (Å²) < 4.78 is 27.0. The second kappa shape index (κ2) is 7.81. The number of pyridine rings is 1. The van der Waals surface area contributed by atoms with Crippen LogP contribution >= 0.6 is 0 Å². The van der Waals surface area contributed by atoms with Gasteiger partial charge < -0.3 is 14.8 Å². The molecule has 3 aromatic heterocycles. The fraction of sp³-hybridized carbons (Fsp3) is 0.217. The first-order chi connectivity index (χ1) is 15.6. The molecule has 160 valence electrons. The Labute approximate surface area is 183 Å². The molecule has 0 bridgehead atoms. The molecule has 0 unspecified atom stereocenters. The molecule has 0 fully saturated rings. The van der Waals surface area contributed by atoms with E-state index in [0.29, 0.717) is 41.4 Å². The van der Waals surface area contributed by atoms with Gasteiger partial charge in [-0.3, -0.25) is 4.40 Å². The molecule has 1 aromatic carbocycles. The van der Waals surface area contributed by atoms with Crippen molar-refractivity contribution in [3.05, 3.63) is 70.8 Å². The fourth-order valence-corrected chi connectivity index (χ4v) is 3.93. The molecule has 8 nitrogen and oxygen atoms in total. The normalized spacial score (nSPS) is 12.3. The van der Waals surface area contributed by atoms with Gasteiger partial charge in [0.15, 0.2) is 0 Å². The lowest BCUT2D eigenvalue weighted by molar-refractivity contribution is 0.356. The molecule has 1 aliphatic heterocycles. The van der Waals surface area contributed by atoms with Crippen molar-refractivity contribution < 1.29 is 13.9 Å². The Morgan fingerprint density at radius 3 is 3.00 bits per heavy atom. The van der Waals surface area contributed by atoms with Gasteiger partial charge in [-0.15, -0.1) is 0 Å². The molecule has 0 aliphatic carbocycles. The van der Waals surface area contributed by atoms with Crippen LogP contribution in [0.15, 0.2) is 36.8 Å². The summed E-state index contributed by atoms with van der Waals surface area (Å²) in [4.78, 5) is 16.9. The van der Waals surface area contributed by atoms with Crippen molar-refractivity contribution in [2.24, 2.45) is 0 Å². The SMILES string of the molecule is [C-]#[N+]c1cc(-c2cnc(NCc3c(F)ccc4c3CCO4)n3cc(C)nc23)cnc1OC. The van der Waals surface area contributed by atoms with Crippen molar-refractivity contribution in [1.82, 2.24) is 19.4 Å². The highest BCUT2D eigenvalue weighted by molar-refractivity contribution is 5.80. The van der Waals surface area contributed by atoms with Crippen LogP contribution in [0.4, 0.5) is 16.0 Å². The summed E-state index contributed by atoms with van der Waals surface area (Å²) in [6.07, 6.45) is 5.85. The number of hydrogen-bond donors (Lipinski definition) is 1. The third kappa shape index (κ3) is 3.26. The van der Waals surface area contributed by atoms with Crippen LogP contribution in [0.1, 0.15) is 16.8 Å². The molecule has 32 heavy (non-hydrogen) atoms. The monoisotopic (exact) mass is 430 g/mol. The van der Waals surface area contributed by atoms with Crippen molar-refractivity contribution in [1.29, 1.82) is 0 Å². The summed E-state index contributed by atoms with van der Waals surface area (Å²) in [6.45, 7) is 10.1. The van der Waals surface area contributed by atoms with Crippen molar-refractivity contribution in [3.8, 4) is 22.8 Å². The number of rotatable bonds is 5. The zero-order valence-corrected chi connectivity index (χ0v) is 17.5. The predicted molar refractivity (Wildman–Crippen MR) is 117 cm³/mol. The van der Waals surface area contributed by atoms with E-state index >= 15 is 0 Å². The highest BCUT2D eigenvalue weighted by Crippen LogP contribution is 2.33. The number of methoxy groups -OCH3 is 1. The molecule has 0 saturated heterocycles. The Kier molecular flexibility index (Phi) is 4.82. The number of ether oxygens (including phenoxy) is 2. The molecule has 4 aromatic rings. The number of nitrogens with zero attached hydrogens (tertiary/aromatic N) is 5. The molecule has 1 aliphatic rings. The molecular formula is C23H19FN6O2. The van der Waals surface area contributed by atoms with Crippen molar-refractivity contribution in [2.45, 2.75) is 19.9 Å². The van der Waals surface area contributed by atoms with Crippen LogP contribution in [0.2, 0.25) is 0 Å². The summed E-state index contributed by atoms with van der Waals surface area (Å²) in [5.41, 5.74) is 4.67. The molecule has 0 saturated carbocycles. The molecule has 4 heterocycles. The second-order valence-corrected chi connectivity index (χ2v) is 7.39. The Morgan fingerprint density at radius 1 is 1.31 bits per heavy atom. The highest BCUT2D eigenvalue weighted by Gasteiger charge is 2.20. The number of aromatic nitrogens is 4. The number of fused-ring (bicyclic) bond motifs is 2. The number of hydrogen-bond acceptors (Lipinski definition) is 6. The van der Waals surface area contributed by atoms with Crippen LogP contribution in [0, 0.1) is 19.3 Å². The second-order valence-electron chi connectivity index (χ2n) is 7.39. The minimum Gasteiger partial charge on any atom is -0.493 e. The third-order valence-electron chi connectivity index (χ3n) is 5.43. The summed E-state index contributed by atoms with van der Waals surface area (Å²) >= 11 is 0. The van der Waals surface area contributed by atoms with Crippen LogP contribution in [-0.4, -0.2) is 33.1 Å². The maximum absolute atomic E-state index is 14.5. The number of halogens is 1. The van der Waals surface area contributed by atoms with Gasteiger partial charge in [0.05, 0.1) is 26.0 Å². The van der Waals surface area contributed by atoms with Gasteiger partial charge in [0, 0.05) is 48.2 Å². The number of nitrogens with one attached hydrogen (secondary N) is 1. The smallest absolute Gasteiger partial charge is 0.247 e. The van der Waals surface area contributed by atoms with Crippen LogP contribution in [-0.2, 0) is 13.0 Å². The van der Waals surface area contributed by atoms with Gasteiger partial charge >= 0.3 is 0 Å². The summed E-state index contributed by atoms with van der Waals surface area (Å²) in [5.74, 6) is 1.27. The number of imidazole rings is 1. The van der Waals surface area contributed by atoms with Gasteiger partial charge in [-0.25, -0.2) is 24.2 Å². The van der Waals surface area contributed by atoms with E-state index in [1.807, 2.05) is 17.5 Å². The minimum atomic E-state index is -0.271. The lowest BCUT2D eigenvalue weighted by Gasteiger charge is -2.13. The predicted octanol–water partition coefficient (Wildman–Crippen LogP) is 4.35. The summed E-state index contributed by atoms with van der Waals surface area (Å²) in [6, 6.07) is 4.81. The lowest BCUT2D eigenvalue weighted by Crippen LogP contribution is -2.09. The van der Waals surface area contributed by atoms with Gasteiger partial charge in [-0.2, -0.15) is 0 Å². The van der Waals surface area contributed by atoms with E-state index < -0.39 is 0 Å². The minimum absolute atomic E-state index is 0.267. The van der Waals surface area contributed by atoms with E-state index in [2.05, 4.69) is 25.1 Å². The van der Waals surface area contributed by atoms with Crippen LogP contribution in [0.25, 0.3) is 21.6 Å². The van der Waals surface area contributed by atoms with Gasteiger partial charge in [0.25, 0.3) is 0 Å². The topological polar surface area (TPSA) is 77.9 Å². The zero-order valence-electron chi connectivity index (χ0n) is 17.5. The van der Waals surface area contributed by atoms with Gasteiger partial charge in [0.2, 0.25) is 17.5 Å². The Morgan fingerprint density at radius 2 is 2.19 bits per heavy atom. The van der Waals surface area contributed by atoms with Crippen LogP contribution in [0.3, 0.4) is 0 Å². The molecular weight excluding hydrogens is 411 g/mol. The van der Waals surface area contributed by atoms with Gasteiger partial charge in [0.1, 0.15) is 17.2 Å². The molecule has 5 rings (SSSR count). The Bertz CT molecular complexity index is 1390. The van der Waals surface area contributed by atoms with E-state index in [0.717, 1.165) is 22.6 Å². The highest BCUT2D eigenvalue weighted by atomic mass is 19.1. The van der Waals surface area contributed by atoms with E-state index in [1.165, 1.54) is 13.2 Å². The van der Waals surface area contributed by atoms with Crippen molar-refractivity contribution in [3.63, 3.8) is 0 Å². The molecule has 0 amide bonds. The molecule has 9 heteroatoms. The number of benzene rings is 1. The van der Waals surface area contributed by atoms with E-state index in [-0.39, 0.29) is 18.2 Å². The van der Waals surface area contributed by atoms with Gasteiger partial charge in [-0.1, -0.05) is 0 Å². The van der Waals surface area contributed by atoms with E-state index in [4.69, 9.17) is 16.0 Å². The Hall–Kier alpha value is -4.19. The van der Waals surface area contributed by atoms with Gasteiger partial charge in [-0.05, 0) is 30.7 Å². The zero-order chi connectivity index (χ0) is 22.2. The Balaban J connectivity index is 1.53. The first-order valence-electron chi connectivity index (χ1n) is 10.0. The third-order valence-corrected chi connectivity index (χ3v) is 5.43. The average molecular weight is 430 g/mol. The van der Waals surface area contributed by atoms with Crippen molar-refractivity contribution >= 4 is 17.3 Å². The fourth-order valence-electron chi connectivity index (χ4n) is 3.93. The maximum atomic E-state index is 14.5. The number of anilines is 1. The lowest BCUT2D eigenvalue weighted by atomic mass is 10.0. The first kappa shape index (κ1) is 19.8. The van der Waals surface area contributed by atoms with Crippen molar-refractivity contribution in [2.75, 3.05) is 19.0 Å². The largest absolute Gasteiger partial charge is 0.493 e. The van der Waals surface area contributed by atoms with Crippen LogP contribution in [0.5, 0.6) is 11.6 Å². The molecule has 0 spiro atoms. The molecule has 0 atom stereocenters. The maximum Gasteiger partial charge on any atom is 0.247 e. The van der Waals surface area contributed by atoms with E-state index in [9.17, 15) is 4.39 Å². The summed E-state index contributed by atoms with van der Waals surface area (Å²) in [7, 11) is 1.48. The molecule has 0 radical (unpaired) electrons. The van der Waals surface area contributed by atoms with Crippen LogP contribution < -0.4 is 14.8 Å². The van der Waals surface area contributed by atoms with E-state index in [1.54, 1.807) is 24.5 Å². The average Bonchev–Trinajstić information content (AvgIpc) is 3.44.